The smallest absolute Gasteiger partial charge is 0.345 e. The average Bonchev–Trinajstić information content (AvgIpc) is 3.38. The van der Waals surface area contributed by atoms with E-state index in [-0.39, 0.29) is 35.0 Å². The highest BCUT2D eigenvalue weighted by atomic mass is 19.4. The molecule has 1 fully saturated rings. The van der Waals surface area contributed by atoms with Gasteiger partial charge in [-0.05, 0) is 36.1 Å². The summed E-state index contributed by atoms with van der Waals surface area (Å²) >= 11 is 0. The third-order valence-corrected chi connectivity index (χ3v) is 6.55. The molecule has 0 aliphatic carbocycles. The van der Waals surface area contributed by atoms with Gasteiger partial charge < -0.3 is 14.7 Å². The molecule has 0 spiro atoms. The number of halogens is 3. The lowest BCUT2D eigenvalue weighted by molar-refractivity contribution is -0.138. The predicted molar refractivity (Wildman–Crippen MR) is 139 cm³/mol. The number of nitrogens with zero attached hydrogens (tertiary/aromatic N) is 4. The molecule has 3 aromatic rings. The molecule has 2 aromatic carbocycles. The summed E-state index contributed by atoms with van der Waals surface area (Å²) in [4.78, 5) is 32.9. The van der Waals surface area contributed by atoms with E-state index in [0.29, 0.717) is 44.7 Å². The number of hydrogen-bond acceptors (Lipinski definition) is 6. The summed E-state index contributed by atoms with van der Waals surface area (Å²) in [5.74, 6) is 0.351. The van der Waals surface area contributed by atoms with Crippen LogP contribution in [0.3, 0.4) is 0 Å². The molecule has 2 amide bonds. The van der Waals surface area contributed by atoms with Crippen LogP contribution in [0.5, 0.6) is 0 Å². The van der Waals surface area contributed by atoms with Crippen LogP contribution in [0.15, 0.2) is 53.1 Å². The van der Waals surface area contributed by atoms with Crippen LogP contribution in [0.4, 0.5) is 13.2 Å². The van der Waals surface area contributed by atoms with E-state index in [4.69, 9.17) is 4.52 Å². The molecule has 11 heteroatoms. The van der Waals surface area contributed by atoms with Crippen molar-refractivity contribution >= 4 is 11.8 Å². The Balaban J connectivity index is 1.33. The van der Waals surface area contributed by atoms with E-state index in [9.17, 15) is 22.8 Å². The van der Waals surface area contributed by atoms with Crippen LogP contribution in [-0.4, -0.2) is 64.0 Å². The highest BCUT2D eigenvalue weighted by Gasteiger charge is 2.31. The molecule has 0 bridgehead atoms. The third-order valence-electron chi connectivity index (χ3n) is 6.55. The summed E-state index contributed by atoms with van der Waals surface area (Å²) in [5.41, 5.74) is 1.17. The molecule has 39 heavy (non-hydrogen) atoms. The molecule has 0 radical (unpaired) electrons. The molecule has 2 heterocycles. The summed E-state index contributed by atoms with van der Waals surface area (Å²) in [6.07, 6.45) is -3.85. The lowest BCUT2D eigenvalue weighted by Gasteiger charge is -2.36. The van der Waals surface area contributed by atoms with Crippen molar-refractivity contribution in [2.75, 3.05) is 26.2 Å². The van der Waals surface area contributed by atoms with Gasteiger partial charge in [0, 0.05) is 50.8 Å². The highest BCUT2D eigenvalue weighted by molar-refractivity contribution is 5.87. The summed E-state index contributed by atoms with van der Waals surface area (Å²) in [5, 5.41) is 6.72. The Morgan fingerprint density at radius 3 is 2.33 bits per heavy atom. The Labute approximate surface area is 225 Å². The van der Waals surface area contributed by atoms with Crippen LogP contribution in [0, 0.1) is 5.92 Å². The van der Waals surface area contributed by atoms with Gasteiger partial charge in [0.15, 0.2) is 0 Å². The predicted octanol–water partition coefficient (Wildman–Crippen LogP) is 4.62. The van der Waals surface area contributed by atoms with Gasteiger partial charge in [-0.25, -0.2) is 0 Å². The fourth-order valence-corrected chi connectivity index (χ4v) is 4.59. The largest absolute Gasteiger partial charge is 0.416 e. The van der Waals surface area contributed by atoms with Gasteiger partial charge in [0.2, 0.25) is 17.6 Å². The molecule has 0 saturated carbocycles. The first kappa shape index (κ1) is 28.3. The van der Waals surface area contributed by atoms with Crippen LogP contribution in [-0.2, 0) is 22.3 Å². The van der Waals surface area contributed by atoms with Crippen molar-refractivity contribution in [1.29, 1.82) is 0 Å². The molecule has 1 aromatic heterocycles. The van der Waals surface area contributed by atoms with Crippen molar-refractivity contribution in [3.05, 3.63) is 59.7 Å². The topological polar surface area (TPSA) is 91.6 Å². The van der Waals surface area contributed by atoms with Crippen LogP contribution >= 0.6 is 0 Å². The van der Waals surface area contributed by atoms with E-state index in [2.05, 4.69) is 20.4 Å². The van der Waals surface area contributed by atoms with E-state index in [1.165, 1.54) is 19.1 Å². The zero-order chi connectivity index (χ0) is 28.2. The Kier molecular flexibility index (Phi) is 8.69. The zero-order valence-corrected chi connectivity index (χ0v) is 22.2. The Morgan fingerprint density at radius 1 is 1.03 bits per heavy atom. The lowest BCUT2D eigenvalue weighted by atomic mass is 10.0. The van der Waals surface area contributed by atoms with Gasteiger partial charge in [0.25, 0.3) is 5.89 Å². The van der Waals surface area contributed by atoms with E-state index in [0.717, 1.165) is 17.7 Å². The van der Waals surface area contributed by atoms with E-state index in [1.54, 1.807) is 0 Å². The average molecular weight is 544 g/mol. The first-order valence-corrected chi connectivity index (χ1v) is 12.9. The van der Waals surface area contributed by atoms with Gasteiger partial charge in [-0.2, -0.15) is 18.2 Å². The number of benzene rings is 2. The number of nitrogens with one attached hydrogen (secondary N) is 1. The first-order chi connectivity index (χ1) is 18.5. The molecule has 4 rings (SSSR count). The Morgan fingerprint density at radius 2 is 1.72 bits per heavy atom. The summed E-state index contributed by atoms with van der Waals surface area (Å²) in [6, 6.07) is 11.9. The quantitative estimate of drug-likeness (QED) is 0.446. The maximum absolute atomic E-state index is 13.0. The van der Waals surface area contributed by atoms with Crippen molar-refractivity contribution in [2.24, 2.45) is 5.92 Å². The molecule has 208 valence electrons. The second-order valence-electron chi connectivity index (χ2n) is 10.2. The number of aromatic nitrogens is 2. The van der Waals surface area contributed by atoms with E-state index < -0.39 is 17.8 Å². The SMILES string of the molecule is CC(=O)N[C@H](CC(C)C)C(=O)N1CCN(Cc2ccc(-c3noc(-c4cccc(C(F)(F)F)c4)n3)cc2)CC1. The highest BCUT2D eigenvalue weighted by Crippen LogP contribution is 2.32. The molecule has 1 atom stereocenters. The number of hydrogen-bond donors (Lipinski definition) is 1. The molecule has 1 aliphatic rings. The number of amides is 2. The van der Waals surface area contributed by atoms with Crippen molar-refractivity contribution in [3.63, 3.8) is 0 Å². The molecule has 1 aliphatic heterocycles. The number of piperazine rings is 1. The summed E-state index contributed by atoms with van der Waals surface area (Å²) in [7, 11) is 0. The normalized spacial score (nSPS) is 15.4. The second kappa shape index (κ2) is 12.0. The van der Waals surface area contributed by atoms with Crippen LogP contribution < -0.4 is 5.32 Å². The lowest BCUT2D eigenvalue weighted by Crippen LogP contribution is -2.54. The Hall–Kier alpha value is -3.73. The molecule has 1 saturated heterocycles. The fraction of sp³-hybridized carbons (Fsp3) is 0.429. The van der Waals surface area contributed by atoms with E-state index in [1.807, 2.05) is 43.0 Å². The second-order valence-corrected chi connectivity index (χ2v) is 10.2. The monoisotopic (exact) mass is 543 g/mol. The van der Waals surface area contributed by atoms with Crippen LogP contribution in [0.2, 0.25) is 0 Å². The maximum atomic E-state index is 13.0. The molecular formula is C28H32F3N5O3. The molecule has 0 unspecified atom stereocenters. The summed E-state index contributed by atoms with van der Waals surface area (Å²) in [6.45, 7) is 8.79. The number of carbonyl (C=O) groups is 2. The number of rotatable bonds is 8. The zero-order valence-electron chi connectivity index (χ0n) is 22.2. The van der Waals surface area contributed by atoms with Crippen LogP contribution in [0.1, 0.15) is 38.3 Å². The van der Waals surface area contributed by atoms with Gasteiger partial charge in [-0.15, -0.1) is 0 Å². The van der Waals surface area contributed by atoms with E-state index >= 15 is 0 Å². The molecular weight excluding hydrogens is 511 g/mol. The minimum absolute atomic E-state index is 0.0155. The molecule has 8 nitrogen and oxygen atoms in total. The van der Waals surface area contributed by atoms with Crippen molar-refractivity contribution in [2.45, 2.75) is 46.0 Å². The minimum Gasteiger partial charge on any atom is -0.345 e. The first-order valence-electron chi connectivity index (χ1n) is 12.9. The van der Waals surface area contributed by atoms with Crippen molar-refractivity contribution in [3.8, 4) is 22.8 Å². The number of alkyl halides is 3. The van der Waals surface area contributed by atoms with Crippen molar-refractivity contribution in [1.82, 2.24) is 25.3 Å². The van der Waals surface area contributed by atoms with Crippen molar-refractivity contribution < 1.29 is 27.3 Å². The Bertz CT molecular complexity index is 1280. The maximum Gasteiger partial charge on any atom is 0.416 e. The fourth-order valence-electron chi connectivity index (χ4n) is 4.59. The minimum atomic E-state index is -4.46. The third kappa shape index (κ3) is 7.44. The van der Waals surface area contributed by atoms with Gasteiger partial charge >= 0.3 is 6.18 Å². The number of carbonyl (C=O) groups excluding carboxylic acids is 2. The van der Waals surface area contributed by atoms with Gasteiger partial charge in [-0.3, -0.25) is 14.5 Å². The standard InChI is InChI=1S/C28H32F3N5O3/c1-18(2)15-24(32-19(3)37)27(38)36-13-11-35(12-14-36)17-20-7-9-21(10-8-20)25-33-26(39-34-25)22-5-4-6-23(16-22)28(29,30)31/h4-10,16,18,24H,11-15,17H2,1-3H3,(H,32,37)/t24-/m1/s1. The molecule has 1 N–H and O–H groups in total. The van der Waals surface area contributed by atoms with Gasteiger partial charge in [0.05, 0.1) is 5.56 Å². The van der Waals surface area contributed by atoms with Crippen LogP contribution in [0.25, 0.3) is 22.8 Å². The summed E-state index contributed by atoms with van der Waals surface area (Å²) < 4.78 is 44.3. The van der Waals surface area contributed by atoms with Gasteiger partial charge in [0.1, 0.15) is 6.04 Å². The van der Waals surface area contributed by atoms with Gasteiger partial charge in [-0.1, -0.05) is 49.3 Å².